The van der Waals surface area contributed by atoms with Crippen LogP contribution in [-0.2, 0) is 14.4 Å². The van der Waals surface area contributed by atoms with Gasteiger partial charge >= 0.3 is 0 Å². The van der Waals surface area contributed by atoms with Crippen molar-refractivity contribution in [1.82, 2.24) is 0 Å². The molecule has 0 spiro atoms. The molecule has 0 N–H and O–H groups in total. The lowest BCUT2D eigenvalue weighted by Crippen LogP contribution is -2.29. The molecule has 4 aliphatic rings. The largest absolute Gasteiger partial charge is 0.300 e. The first-order chi connectivity index (χ1) is 13.1. The van der Waals surface area contributed by atoms with E-state index >= 15 is 0 Å². The Morgan fingerprint density at radius 1 is 0.889 bits per heavy atom. The van der Waals surface area contributed by atoms with Gasteiger partial charge < -0.3 is 0 Å². The van der Waals surface area contributed by atoms with Gasteiger partial charge in [-0.2, -0.15) is 0 Å². The molecule has 0 aromatic rings. The molecular weight excluding hydrogens is 336 g/mol. The summed E-state index contributed by atoms with van der Waals surface area (Å²) in [6.07, 6.45) is 15.7. The van der Waals surface area contributed by atoms with Gasteiger partial charge in [0.15, 0.2) is 5.78 Å². The Balaban J connectivity index is 1.35. The zero-order valence-electron chi connectivity index (χ0n) is 16.6. The van der Waals surface area contributed by atoms with Crippen molar-refractivity contribution in [3.63, 3.8) is 0 Å². The molecule has 27 heavy (non-hydrogen) atoms. The molecule has 0 aromatic carbocycles. The summed E-state index contributed by atoms with van der Waals surface area (Å²) in [5.41, 5.74) is 1.06. The van der Waals surface area contributed by atoms with Gasteiger partial charge in [0, 0.05) is 31.6 Å². The third-order valence-corrected chi connectivity index (χ3v) is 8.01. The van der Waals surface area contributed by atoms with Crippen molar-refractivity contribution in [2.24, 2.45) is 29.6 Å². The lowest BCUT2D eigenvalue weighted by atomic mass is 9.72. The van der Waals surface area contributed by atoms with Crippen molar-refractivity contribution < 1.29 is 14.4 Å². The predicted octanol–water partition coefficient (Wildman–Crippen LogP) is 5.22. The smallest absolute Gasteiger partial charge is 0.159 e. The van der Waals surface area contributed by atoms with Gasteiger partial charge in [0.05, 0.1) is 0 Å². The van der Waals surface area contributed by atoms with E-state index in [0.717, 1.165) is 37.7 Å². The fourth-order valence-electron chi connectivity index (χ4n) is 6.57. The Hall–Kier alpha value is -1.25. The van der Waals surface area contributed by atoms with E-state index in [9.17, 15) is 14.4 Å². The fourth-order valence-corrected chi connectivity index (χ4v) is 6.57. The quantitative estimate of drug-likeness (QED) is 0.667. The van der Waals surface area contributed by atoms with Crippen LogP contribution in [0.25, 0.3) is 0 Å². The number of ketones is 3. The van der Waals surface area contributed by atoms with Gasteiger partial charge in [0.25, 0.3) is 0 Å². The Labute approximate surface area is 163 Å². The lowest BCUT2D eigenvalue weighted by molar-refractivity contribution is -0.128. The SMILES string of the molecule is O=C1CCC2CCC(C(=O)CCC(=O)C3=CCCCC4CCCCC34)C2C1. The van der Waals surface area contributed by atoms with E-state index in [1.165, 1.54) is 32.1 Å². The molecular formula is C24H34O3. The van der Waals surface area contributed by atoms with Gasteiger partial charge in [-0.1, -0.05) is 18.9 Å². The van der Waals surface area contributed by atoms with E-state index in [1.54, 1.807) is 0 Å². The summed E-state index contributed by atoms with van der Waals surface area (Å²) < 4.78 is 0. The Morgan fingerprint density at radius 3 is 2.59 bits per heavy atom. The maximum atomic E-state index is 13.0. The van der Waals surface area contributed by atoms with Crippen LogP contribution >= 0.6 is 0 Å². The summed E-state index contributed by atoms with van der Waals surface area (Å²) in [6, 6.07) is 0. The minimum Gasteiger partial charge on any atom is -0.300 e. The van der Waals surface area contributed by atoms with Crippen LogP contribution in [0.3, 0.4) is 0 Å². The number of Topliss-reactive ketones (excluding diaryl/α,β-unsaturated/α-hetero) is 3. The highest BCUT2D eigenvalue weighted by Gasteiger charge is 2.43. The number of rotatable bonds is 5. The second-order valence-electron chi connectivity index (χ2n) is 9.52. The normalized spacial score (nSPS) is 36.4. The van der Waals surface area contributed by atoms with Crippen LogP contribution in [0.15, 0.2) is 11.6 Å². The summed E-state index contributed by atoms with van der Waals surface area (Å²) in [5.74, 6) is 2.84. The molecule has 0 amide bonds. The average Bonchev–Trinajstić information content (AvgIpc) is 2.97. The van der Waals surface area contributed by atoms with Gasteiger partial charge in [-0.3, -0.25) is 14.4 Å². The van der Waals surface area contributed by atoms with Crippen LogP contribution in [0.2, 0.25) is 0 Å². The maximum Gasteiger partial charge on any atom is 0.159 e. The van der Waals surface area contributed by atoms with Crippen molar-refractivity contribution >= 4 is 17.3 Å². The number of allylic oxidation sites excluding steroid dienone is 2. The summed E-state index contributed by atoms with van der Waals surface area (Å²) >= 11 is 0. The van der Waals surface area contributed by atoms with Crippen LogP contribution in [0.4, 0.5) is 0 Å². The molecule has 4 rings (SSSR count). The van der Waals surface area contributed by atoms with Crippen LogP contribution in [0, 0.1) is 29.6 Å². The minimum absolute atomic E-state index is 0.0394. The molecule has 0 saturated heterocycles. The van der Waals surface area contributed by atoms with Gasteiger partial charge in [-0.25, -0.2) is 0 Å². The van der Waals surface area contributed by atoms with Gasteiger partial charge in [-0.05, 0) is 80.6 Å². The molecule has 3 saturated carbocycles. The average molecular weight is 371 g/mol. The van der Waals surface area contributed by atoms with E-state index in [-0.39, 0.29) is 23.4 Å². The molecule has 3 fully saturated rings. The van der Waals surface area contributed by atoms with Crippen molar-refractivity contribution in [3.05, 3.63) is 11.6 Å². The fraction of sp³-hybridized carbons (Fsp3) is 0.792. The topological polar surface area (TPSA) is 51.2 Å². The van der Waals surface area contributed by atoms with E-state index in [0.29, 0.717) is 49.2 Å². The summed E-state index contributed by atoms with van der Waals surface area (Å²) in [6.45, 7) is 0. The molecule has 3 heteroatoms. The minimum atomic E-state index is 0.0394. The van der Waals surface area contributed by atoms with Gasteiger partial charge in [-0.15, -0.1) is 0 Å². The van der Waals surface area contributed by atoms with E-state index in [1.807, 2.05) is 0 Å². The Bertz CT molecular complexity index is 632. The zero-order chi connectivity index (χ0) is 18.8. The Kier molecular flexibility index (Phi) is 5.94. The second-order valence-corrected chi connectivity index (χ2v) is 9.52. The molecule has 148 valence electrons. The number of carbonyl (C=O) groups excluding carboxylic acids is 3. The van der Waals surface area contributed by atoms with Crippen LogP contribution < -0.4 is 0 Å². The van der Waals surface area contributed by atoms with Crippen molar-refractivity contribution in [2.45, 2.75) is 89.9 Å². The van der Waals surface area contributed by atoms with Crippen molar-refractivity contribution in [1.29, 1.82) is 0 Å². The first-order valence-corrected chi connectivity index (χ1v) is 11.4. The standard InChI is InChI=1S/C24H34O3/c25-18-11-9-17-10-12-21(22(17)15-18)24(27)14-13-23(26)20-8-4-2-6-16-5-1-3-7-19(16)20/h8,16-17,19,21-22H,1-7,9-15H2. The zero-order valence-corrected chi connectivity index (χ0v) is 16.6. The molecule has 0 aromatic heterocycles. The first-order valence-electron chi connectivity index (χ1n) is 11.4. The molecule has 0 heterocycles. The first kappa shape index (κ1) is 19.1. The highest BCUT2D eigenvalue weighted by Crippen LogP contribution is 2.46. The monoisotopic (exact) mass is 370 g/mol. The number of hydrogen-bond donors (Lipinski definition) is 0. The van der Waals surface area contributed by atoms with Crippen LogP contribution in [-0.4, -0.2) is 17.3 Å². The predicted molar refractivity (Wildman–Crippen MR) is 105 cm³/mol. The number of fused-ring (bicyclic) bond motifs is 2. The summed E-state index contributed by atoms with van der Waals surface area (Å²) in [4.78, 5) is 37.7. The van der Waals surface area contributed by atoms with Crippen LogP contribution in [0.1, 0.15) is 89.9 Å². The highest BCUT2D eigenvalue weighted by molar-refractivity contribution is 5.98. The molecule has 4 aliphatic carbocycles. The summed E-state index contributed by atoms with van der Waals surface area (Å²) in [7, 11) is 0. The molecule has 5 atom stereocenters. The maximum absolute atomic E-state index is 13.0. The van der Waals surface area contributed by atoms with Crippen LogP contribution in [0.5, 0.6) is 0 Å². The highest BCUT2D eigenvalue weighted by atomic mass is 16.1. The number of hydrogen-bond acceptors (Lipinski definition) is 3. The van der Waals surface area contributed by atoms with E-state index in [2.05, 4.69) is 6.08 Å². The third kappa shape index (κ3) is 4.12. The van der Waals surface area contributed by atoms with E-state index in [4.69, 9.17) is 0 Å². The van der Waals surface area contributed by atoms with Gasteiger partial charge in [0.1, 0.15) is 11.6 Å². The summed E-state index contributed by atoms with van der Waals surface area (Å²) in [5, 5.41) is 0. The molecule has 0 aliphatic heterocycles. The lowest BCUT2D eigenvalue weighted by Gasteiger charge is -2.31. The van der Waals surface area contributed by atoms with Crippen molar-refractivity contribution in [3.8, 4) is 0 Å². The molecule has 0 radical (unpaired) electrons. The second kappa shape index (κ2) is 8.41. The van der Waals surface area contributed by atoms with Crippen molar-refractivity contribution in [2.75, 3.05) is 0 Å². The number of carbonyl (C=O) groups is 3. The molecule has 5 unspecified atom stereocenters. The molecule has 0 bridgehead atoms. The Morgan fingerprint density at radius 2 is 1.70 bits per heavy atom. The van der Waals surface area contributed by atoms with E-state index < -0.39 is 0 Å². The third-order valence-electron chi connectivity index (χ3n) is 8.01. The van der Waals surface area contributed by atoms with Gasteiger partial charge in [0.2, 0.25) is 0 Å². The molecule has 3 nitrogen and oxygen atoms in total.